The van der Waals surface area contributed by atoms with Gasteiger partial charge in [0.2, 0.25) is 0 Å². The minimum Gasteiger partial charge on any atom is -0.479 e. The van der Waals surface area contributed by atoms with Crippen LogP contribution in [0.15, 0.2) is 34.3 Å². The maximum atomic E-state index is 11.3. The van der Waals surface area contributed by atoms with Crippen LogP contribution in [0.1, 0.15) is 0 Å². The van der Waals surface area contributed by atoms with E-state index in [-0.39, 0.29) is 0 Å². The summed E-state index contributed by atoms with van der Waals surface area (Å²) in [4.78, 5) is 30.4. The molecule has 7 heteroatoms. The van der Waals surface area contributed by atoms with Gasteiger partial charge in [-0.15, -0.1) is 0 Å². The summed E-state index contributed by atoms with van der Waals surface area (Å²) in [5, 5.41) is 15.6. The van der Waals surface area contributed by atoms with Crippen LogP contribution in [0.4, 0.5) is 0 Å². The molecule has 2 aliphatic heterocycles. The second kappa shape index (κ2) is 3.77. The Morgan fingerprint density at radius 2 is 1.35 bits per heavy atom. The van der Waals surface area contributed by atoms with Crippen LogP contribution >= 0.6 is 0 Å². The molecule has 2 N–H and O–H groups in total. The molecule has 0 saturated heterocycles. The number of rotatable bonds is 4. The van der Waals surface area contributed by atoms with Gasteiger partial charge in [0.1, 0.15) is 9.52 Å². The Balaban J connectivity index is 2.36. The van der Waals surface area contributed by atoms with Gasteiger partial charge in [-0.2, -0.15) is 0 Å². The van der Waals surface area contributed by atoms with Gasteiger partial charge in [-0.05, 0) is 24.3 Å². The first kappa shape index (κ1) is 11.5. The Hall–Kier alpha value is -2.02. The van der Waals surface area contributed by atoms with Crippen molar-refractivity contribution in [3.05, 3.63) is 24.3 Å². The Bertz CT molecular complexity index is 425. The number of hydrogen-bond acceptors (Lipinski definition) is 4. The molecule has 0 fully saturated rings. The highest BCUT2D eigenvalue weighted by atomic mass is 28.2. The molecule has 0 amide bonds. The first-order chi connectivity index (χ1) is 8.01. The highest BCUT2D eigenvalue weighted by molar-refractivity contribution is 6.58. The van der Waals surface area contributed by atoms with Crippen molar-refractivity contribution >= 4 is 33.9 Å². The van der Waals surface area contributed by atoms with Crippen molar-refractivity contribution in [2.75, 3.05) is 0 Å². The van der Waals surface area contributed by atoms with E-state index in [0.717, 1.165) is 0 Å². The van der Waals surface area contributed by atoms with E-state index in [1.54, 1.807) is 0 Å². The maximum Gasteiger partial charge on any atom is 0.331 e. The molecule has 2 aliphatic rings. The quantitative estimate of drug-likeness (QED) is 0.625. The second-order valence-corrected chi connectivity index (χ2v) is 6.42. The number of nitrogens with zero attached hydrogens (tertiary/aromatic N) is 2. The third kappa shape index (κ3) is 1.74. The van der Waals surface area contributed by atoms with E-state index in [2.05, 4.69) is 9.98 Å². The number of hydrogen-bond donors (Lipinski definition) is 2. The fraction of sp³-hybridized carbons (Fsp3) is 0.200. The molecular weight excluding hydrogens is 240 g/mol. The molecule has 0 aromatic heterocycles. The Morgan fingerprint density at radius 3 is 1.59 bits per heavy atom. The molecule has 0 saturated carbocycles. The molecule has 0 aromatic rings. The van der Waals surface area contributed by atoms with E-state index in [1.807, 2.05) is 0 Å². The Labute approximate surface area is 98.9 Å². The number of aliphatic carboxylic acids is 2. The van der Waals surface area contributed by atoms with Gasteiger partial charge in [0, 0.05) is 12.4 Å². The highest BCUT2D eigenvalue weighted by Gasteiger charge is 2.49. The van der Waals surface area contributed by atoms with Crippen molar-refractivity contribution in [3.63, 3.8) is 0 Å². The molecule has 6 nitrogen and oxygen atoms in total. The topological polar surface area (TPSA) is 99.3 Å². The van der Waals surface area contributed by atoms with Crippen molar-refractivity contribution in [1.29, 1.82) is 0 Å². The van der Waals surface area contributed by atoms with Crippen LogP contribution in [-0.2, 0) is 9.59 Å². The van der Waals surface area contributed by atoms with E-state index in [4.69, 9.17) is 0 Å². The van der Waals surface area contributed by atoms with Crippen molar-refractivity contribution < 1.29 is 19.8 Å². The predicted octanol–water partition coefficient (Wildman–Crippen LogP) is -1.00. The van der Waals surface area contributed by atoms with Crippen molar-refractivity contribution in [2.45, 2.75) is 10.3 Å². The first-order valence-electron chi connectivity index (χ1n) is 4.94. The standard InChI is InChI=1S/C10H10N2O4Si/c13-7(14)9(3-1-5-11-9)17-10(8(15)16)4-2-6-12-10/h1-6H,17H2,(H,13,14)(H,15,16). The lowest BCUT2D eigenvalue weighted by Gasteiger charge is -2.26. The summed E-state index contributed by atoms with van der Waals surface area (Å²) in [6, 6.07) is 0. The summed E-state index contributed by atoms with van der Waals surface area (Å²) in [5.41, 5.74) is 0. The predicted molar refractivity (Wildman–Crippen MR) is 64.5 cm³/mol. The van der Waals surface area contributed by atoms with Gasteiger partial charge in [0.15, 0.2) is 10.3 Å². The maximum absolute atomic E-state index is 11.3. The minimum atomic E-state index is -1.71. The fourth-order valence-corrected chi connectivity index (χ4v) is 3.89. The molecule has 0 aromatic carbocycles. The summed E-state index contributed by atoms with van der Waals surface area (Å²) in [6.45, 7) is 0. The van der Waals surface area contributed by atoms with Crippen LogP contribution in [0, 0.1) is 0 Å². The van der Waals surface area contributed by atoms with Gasteiger partial charge in [0.05, 0.1) is 0 Å². The van der Waals surface area contributed by atoms with Crippen LogP contribution in [0.3, 0.4) is 0 Å². The summed E-state index contributed by atoms with van der Waals surface area (Å²) < 4.78 is 0. The van der Waals surface area contributed by atoms with Gasteiger partial charge in [-0.3, -0.25) is 9.98 Å². The third-order valence-electron chi connectivity index (χ3n) is 2.81. The molecule has 0 bridgehead atoms. The SMILES string of the molecule is O=C(O)C1([SiH2]C2(C(=O)O)C=CC=N2)C=CC=N1. The van der Waals surface area contributed by atoms with E-state index < -0.39 is 31.8 Å². The molecule has 88 valence electrons. The first-order valence-corrected chi connectivity index (χ1v) is 6.35. The Morgan fingerprint density at radius 1 is 0.941 bits per heavy atom. The lowest BCUT2D eigenvalue weighted by Crippen LogP contribution is -2.54. The zero-order chi connectivity index (χ0) is 12.5. The van der Waals surface area contributed by atoms with Crippen LogP contribution in [0.25, 0.3) is 0 Å². The monoisotopic (exact) mass is 250 g/mol. The zero-order valence-corrected chi connectivity index (χ0v) is 10.2. The molecule has 2 atom stereocenters. The van der Waals surface area contributed by atoms with Gasteiger partial charge in [-0.25, -0.2) is 9.59 Å². The number of carbonyl (C=O) groups is 2. The largest absolute Gasteiger partial charge is 0.479 e. The van der Waals surface area contributed by atoms with Gasteiger partial charge in [0.25, 0.3) is 0 Å². The summed E-state index contributed by atoms with van der Waals surface area (Å²) in [7, 11) is -1.71. The molecule has 0 radical (unpaired) electrons. The number of carboxylic acid groups (broad SMARTS) is 2. The van der Waals surface area contributed by atoms with E-state index in [0.29, 0.717) is 0 Å². The van der Waals surface area contributed by atoms with Crippen LogP contribution in [-0.4, -0.2) is 54.4 Å². The molecule has 2 heterocycles. The summed E-state index contributed by atoms with van der Waals surface area (Å²) in [6.07, 6.45) is 8.71. The van der Waals surface area contributed by atoms with Crippen LogP contribution in [0.2, 0.25) is 0 Å². The number of aliphatic imine (C=N–C) groups is 2. The van der Waals surface area contributed by atoms with Gasteiger partial charge >= 0.3 is 11.9 Å². The fourth-order valence-electron chi connectivity index (χ4n) is 1.87. The molecule has 2 unspecified atom stereocenters. The van der Waals surface area contributed by atoms with Gasteiger partial charge < -0.3 is 10.2 Å². The highest BCUT2D eigenvalue weighted by Crippen LogP contribution is 2.26. The molecular formula is C10H10N2O4Si. The zero-order valence-electron chi connectivity index (χ0n) is 8.78. The number of allylic oxidation sites excluding steroid dienone is 2. The summed E-state index contributed by atoms with van der Waals surface area (Å²) >= 11 is 0. The third-order valence-corrected chi connectivity index (χ3v) is 5.33. The second-order valence-electron chi connectivity index (χ2n) is 3.91. The van der Waals surface area contributed by atoms with Crippen LogP contribution in [0.5, 0.6) is 0 Å². The molecule has 17 heavy (non-hydrogen) atoms. The van der Waals surface area contributed by atoms with Gasteiger partial charge in [-0.1, -0.05) is 0 Å². The number of carboxylic acids is 2. The molecule has 2 rings (SSSR count). The molecule has 0 spiro atoms. The van der Waals surface area contributed by atoms with E-state index in [1.165, 1.54) is 36.7 Å². The average Bonchev–Trinajstić information content (AvgIpc) is 2.88. The van der Waals surface area contributed by atoms with E-state index in [9.17, 15) is 19.8 Å². The normalized spacial score (nSPS) is 34.1. The van der Waals surface area contributed by atoms with Crippen molar-refractivity contribution in [1.82, 2.24) is 0 Å². The van der Waals surface area contributed by atoms with E-state index >= 15 is 0 Å². The molecule has 0 aliphatic carbocycles. The minimum absolute atomic E-state index is 1.12. The van der Waals surface area contributed by atoms with Crippen molar-refractivity contribution in [2.24, 2.45) is 9.98 Å². The average molecular weight is 250 g/mol. The van der Waals surface area contributed by atoms with Crippen molar-refractivity contribution in [3.8, 4) is 0 Å². The smallest absolute Gasteiger partial charge is 0.331 e. The lowest BCUT2D eigenvalue weighted by atomic mass is 10.3. The lowest BCUT2D eigenvalue weighted by molar-refractivity contribution is -0.139. The van der Waals surface area contributed by atoms with Crippen LogP contribution < -0.4 is 0 Å². The Kier molecular flexibility index (Phi) is 2.54. The summed E-state index contributed by atoms with van der Waals surface area (Å²) in [5.74, 6) is -2.24.